The zero-order chi connectivity index (χ0) is 20.1. The number of amides is 1. The van der Waals surface area contributed by atoms with E-state index >= 15 is 0 Å². The SMILES string of the molecule is COc1ccc(C(NC(=O)COC(=O)c2cccc([N+](=O)[O-])c2)C2CC2)cc1. The molecule has 1 amide bonds. The van der Waals surface area contributed by atoms with Gasteiger partial charge in [0, 0.05) is 12.1 Å². The third kappa shape index (κ3) is 4.85. The normalized spacial score (nSPS) is 14.0. The van der Waals surface area contributed by atoms with Gasteiger partial charge in [-0.3, -0.25) is 14.9 Å². The lowest BCUT2D eigenvalue weighted by Crippen LogP contribution is -2.33. The number of nitrogens with zero attached hydrogens (tertiary/aromatic N) is 1. The van der Waals surface area contributed by atoms with Gasteiger partial charge >= 0.3 is 5.97 Å². The first kappa shape index (κ1) is 19.3. The van der Waals surface area contributed by atoms with Crippen LogP contribution in [0.3, 0.4) is 0 Å². The highest BCUT2D eigenvalue weighted by Gasteiger charge is 2.33. The van der Waals surface area contributed by atoms with Crippen molar-refractivity contribution in [2.45, 2.75) is 18.9 Å². The summed E-state index contributed by atoms with van der Waals surface area (Å²) in [6.45, 7) is -0.457. The highest BCUT2D eigenvalue weighted by atomic mass is 16.6. The summed E-state index contributed by atoms with van der Waals surface area (Å²) in [5.41, 5.74) is 0.768. The maximum absolute atomic E-state index is 12.3. The minimum absolute atomic E-state index is 0.0240. The fraction of sp³-hybridized carbons (Fsp3) is 0.300. The molecular weight excluding hydrogens is 364 g/mol. The van der Waals surface area contributed by atoms with Gasteiger partial charge in [-0.15, -0.1) is 0 Å². The number of methoxy groups -OCH3 is 1. The highest BCUT2D eigenvalue weighted by molar-refractivity contribution is 5.92. The Morgan fingerprint density at radius 1 is 1.21 bits per heavy atom. The van der Waals surface area contributed by atoms with Crippen LogP contribution in [-0.4, -0.2) is 30.5 Å². The number of carbonyl (C=O) groups is 2. The Kier molecular flexibility index (Phi) is 5.88. The van der Waals surface area contributed by atoms with Gasteiger partial charge in [-0.05, 0) is 42.5 Å². The minimum Gasteiger partial charge on any atom is -0.497 e. The fourth-order valence-electron chi connectivity index (χ4n) is 2.89. The Morgan fingerprint density at radius 2 is 1.93 bits per heavy atom. The smallest absolute Gasteiger partial charge is 0.338 e. The zero-order valence-corrected chi connectivity index (χ0v) is 15.3. The molecule has 1 aliphatic carbocycles. The van der Waals surface area contributed by atoms with Crippen molar-refractivity contribution < 1.29 is 24.0 Å². The average Bonchev–Trinajstić information content (AvgIpc) is 3.55. The number of hydrogen-bond donors (Lipinski definition) is 1. The molecule has 8 nitrogen and oxygen atoms in total. The zero-order valence-electron chi connectivity index (χ0n) is 15.3. The van der Waals surface area contributed by atoms with Gasteiger partial charge in [0.2, 0.25) is 0 Å². The van der Waals surface area contributed by atoms with E-state index in [4.69, 9.17) is 9.47 Å². The lowest BCUT2D eigenvalue weighted by atomic mass is 10.0. The topological polar surface area (TPSA) is 108 Å². The molecule has 0 heterocycles. The van der Waals surface area contributed by atoms with E-state index in [9.17, 15) is 19.7 Å². The lowest BCUT2D eigenvalue weighted by molar-refractivity contribution is -0.384. The Bertz CT molecular complexity index is 877. The molecule has 1 atom stereocenters. The van der Waals surface area contributed by atoms with Gasteiger partial charge in [-0.2, -0.15) is 0 Å². The van der Waals surface area contributed by atoms with E-state index in [2.05, 4.69) is 5.32 Å². The van der Waals surface area contributed by atoms with E-state index in [1.165, 1.54) is 18.2 Å². The molecule has 0 aromatic heterocycles. The van der Waals surface area contributed by atoms with Crippen molar-refractivity contribution in [1.82, 2.24) is 5.32 Å². The Balaban J connectivity index is 1.58. The van der Waals surface area contributed by atoms with Gasteiger partial charge in [0.05, 0.1) is 23.6 Å². The van der Waals surface area contributed by atoms with E-state index in [-0.39, 0.29) is 17.3 Å². The average molecular weight is 384 g/mol. The Hall–Kier alpha value is -3.42. The number of nitro groups is 1. The molecule has 1 saturated carbocycles. The first-order valence-electron chi connectivity index (χ1n) is 8.83. The number of benzene rings is 2. The van der Waals surface area contributed by atoms with Gasteiger partial charge in [-0.25, -0.2) is 4.79 Å². The van der Waals surface area contributed by atoms with E-state index in [1.54, 1.807) is 7.11 Å². The largest absolute Gasteiger partial charge is 0.497 e. The van der Waals surface area contributed by atoms with Crippen molar-refractivity contribution in [1.29, 1.82) is 0 Å². The molecule has 0 saturated heterocycles. The molecule has 1 unspecified atom stereocenters. The van der Waals surface area contributed by atoms with E-state index in [0.717, 1.165) is 30.2 Å². The maximum atomic E-state index is 12.3. The van der Waals surface area contributed by atoms with Crippen LogP contribution in [0.25, 0.3) is 0 Å². The Morgan fingerprint density at radius 3 is 2.54 bits per heavy atom. The van der Waals surface area contributed by atoms with Crippen molar-refractivity contribution in [2.24, 2.45) is 5.92 Å². The van der Waals surface area contributed by atoms with Crippen molar-refractivity contribution in [3.05, 3.63) is 69.8 Å². The van der Waals surface area contributed by atoms with Crippen LogP contribution in [0.2, 0.25) is 0 Å². The molecule has 1 fully saturated rings. The van der Waals surface area contributed by atoms with Crippen LogP contribution in [0.5, 0.6) is 5.75 Å². The van der Waals surface area contributed by atoms with Gasteiger partial charge < -0.3 is 14.8 Å². The predicted octanol–water partition coefficient (Wildman–Crippen LogP) is 3.03. The van der Waals surface area contributed by atoms with Crippen LogP contribution >= 0.6 is 0 Å². The van der Waals surface area contributed by atoms with Crippen LogP contribution in [0.15, 0.2) is 48.5 Å². The number of nitrogens with one attached hydrogen (secondary N) is 1. The molecule has 28 heavy (non-hydrogen) atoms. The Labute approximate surface area is 161 Å². The van der Waals surface area contributed by atoms with Gasteiger partial charge in [-0.1, -0.05) is 18.2 Å². The van der Waals surface area contributed by atoms with Crippen LogP contribution in [0, 0.1) is 16.0 Å². The molecule has 0 spiro atoms. The third-order valence-corrected chi connectivity index (χ3v) is 4.51. The molecule has 0 aliphatic heterocycles. The molecule has 1 aliphatic rings. The molecule has 0 radical (unpaired) electrons. The van der Waals surface area contributed by atoms with Crippen molar-refractivity contribution in [3.63, 3.8) is 0 Å². The summed E-state index contributed by atoms with van der Waals surface area (Å²) >= 11 is 0. The third-order valence-electron chi connectivity index (χ3n) is 4.51. The fourth-order valence-corrected chi connectivity index (χ4v) is 2.89. The second-order valence-corrected chi connectivity index (χ2v) is 6.54. The first-order chi connectivity index (χ1) is 13.5. The van der Waals surface area contributed by atoms with Crippen LogP contribution in [0.4, 0.5) is 5.69 Å². The monoisotopic (exact) mass is 384 g/mol. The maximum Gasteiger partial charge on any atom is 0.338 e. The van der Waals surface area contributed by atoms with Gasteiger partial charge in [0.25, 0.3) is 11.6 Å². The second kappa shape index (κ2) is 8.51. The van der Waals surface area contributed by atoms with Crippen LogP contribution < -0.4 is 10.1 Å². The summed E-state index contributed by atoms with van der Waals surface area (Å²) in [4.78, 5) is 34.5. The first-order valence-corrected chi connectivity index (χ1v) is 8.83. The number of carbonyl (C=O) groups excluding carboxylic acids is 2. The number of hydrogen-bond acceptors (Lipinski definition) is 6. The molecule has 146 valence electrons. The number of rotatable bonds is 8. The summed E-state index contributed by atoms with van der Waals surface area (Å²) < 4.78 is 10.2. The summed E-state index contributed by atoms with van der Waals surface area (Å²) in [5, 5.41) is 13.7. The second-order valence-electron chi connectivity index (χ2n) is 6.54. The van der Waals surface area contributed by atoms with Crippen LogP contribution in [-0.2, 0) is 9.53 Å². The van der Waals surface area contributed by atoms with E-state index < -0.39 is 23.4 Å². The van der Waals surface area contributed by atoms with Gasteiger partial charge in [0.15, 0.2) is 6.61 Å². The summed E-state index contributed by atoms with van der Waals surface area (Å²) in [6.07, 6.45) is 2.04. The summed E-state index contributed by atoms with van der Waals surface area (Å²) in [5.74, 6) is -0.127. The van der Waals surface area contributed by atoms with Crippen LogP contribution in [0.1, 0.15) is 34.8 Å². The predicted molar refractivity (Wildman–Crippen MR) is 100.0 cm³/mol. The standard InChI is InChI=1S/C20H20N2O6/c1-27-17-9-7-14(8-10-17)19(13-5-6-13)21-18(23)12-28-20(24)15-3-2-4-16(11-15)22(25)26/h2-4,7-11,13,19H,5-6,12H2,1H3,(H,21,23). The molecule has 2 aromatic carbocycles. The summed E-state index contributed by atoms with van der Waals surface area (Å²) in [7, 11) is 1.59. The molecule has 2 aromatic rings. The molecule has 1 N–H and O–H groups in total. The number of nitro benzene ring substituents is 1. The number of esters is 1. The van der Waals surface area contributed by atoms with E-state index in [1.807, 2.05) is 24.3 Å². The summed E-state index contributed by atoms with van der Waals surface area (Å²) in [6, 6.07) is 12.5. The number of non-ortho nitro benzene ring substituents is 1. The lowest BCUT2D eigenvalue weighted by Gasteiger charge is -2.19. The van der Waals surface area contributed by atoms with Crippen molar-refractivity contribution in [2.75, 3.05) is 13.7 Å². The van der Waals surface area contributed by atoms with Gasteiger partial charge in [0.1, 0.15) is 5.75 Å². The quantitative estimate of drug-likeness (QED) is 0.426. The highest BCUT2D eigenvalue weighted by Crippen LogP contribution is 2.41. The molecule has 0 bridgehead atoms. The van der Waals surface area contributed by atoms with Crippen molar-refractivity contribution >= 4 is 17.6 Å². The number of ether oxygens (including phenoxy) is 2. The molecule has 8 heteroatoms. The van der Waals surface area contributed by atoms with Crippen molar-refractivity contribution in [3.8, 4) is 5.75 Å². The minimum atomic E-state index is -0.786. The van der Waals surface area contributed by atoms with E-state index in [0.29, 0.717) is 5.92 Å². The molecular formula is C20H20N2O6. The molecule has 3 rings (SSSR count).